The van der Waals surface area contributed by atoms with Gasteiger partial charge in [-0.2, -0.15) is 0 Å². The molecule has 3 aromatic rings. The van der Waals surface area contributed by atoms with Crippen LogP contribution >= 0.6 is 0 Å². The van der Waals surface area contributed by atoms with Crippen molar-refractivity contribution in [1.29, 1.82) is 0 Å². The molecule has 2 N–H and O–H groups in total. The first-order chi connectivity index (χ1) is 15.1. The molecule has 8 heteroatoms. The Morgan fingerprint density at radius 2 is 1.87 bits per heavy atom. The number of carbonyl (C=O) groups is 1. The second-order valence-corrected chi connectivity index (χ2v) is 8.26. The second kappa shape index (κ2) is 9.68. The van der Waals surface area contributed by atoms with Crippen molar-refractivity contribution < 1.29 is 4.79 Å². The van der Waals surface area contributed by atoms with Gasteiger partial charge in [-0.3, -0.25) is 4.79 Å². The third-order valence-corrected chi connectivity index (χ3v) is 5.47. The van der Waals surface area contributed by atoms with E-state index in [2.05, 4.69) is 59.6 Å². The highest BCUT2D eigenvalue weighted by molar-refractivity contribution is 5.93. The number of rotatable bonds is 7. The lowest BCUT2D eigenvalue weighted by atomic mass is 10.1. The van der Waals surface area contributed by atoms with Crippen LogP contribution in [-0.2, 0) is 25.8 Å². The first kappa shape index (κ1) is 21.0. The maximum Gasteiger partial charge on any atom is 0.254 e. The Morgan fingerprint density at radius 3 is 2.61 bits per heavy atom. The van der Waals surface area contributed by atoms with Crippen LogP contribution in [0.1, 0.15) is 54.3 Å². The summed E-state index contributed by atoms with van der Waals surface area (Å²) in [6.07, 6.45) is 7.44. The van der Waals surface area contributed by atoms with E-state index < -0.39 is 0 Å². The van der Waals surface area contributed by atoms with E-state index in [-0.39, 0.29) is 18.0 Å². The molecule has 0 saturated carbocycles. The van der Waals surface area contributed by atoms with Gasteiger partial charge in [0.2, 0.25) is 5.95 Å². The summed E-state index contributed by atoms with van der Waals surface area (Å²) in [4.78, 5) is 21.1. The van der Waals surface area contributed by atoms with Crippen LogP contribution in [0.15, 0.2) is 42.7 Å². The smallest absolute Gasteiger partial charge is 0.254 e. The van der Waals surface area contributed by atoms with Gasteiger partial charge in [0.25, 0.3) is 5.91 Å². The Bertz CT molecular complexity index is 999. The van der Waals surface area contributed by atoms with Crippen molar-refractivity contribution in [3.05, 3.63) is 65.5 Å². The topological polar surface area (TPSA) is 97.6 Å². The van der Waals surface area contributed by atoms with Crippen LogP contribution in [0.2, 0.25) is 0 Å². The minimum atomic E-state index is -0.136. The van der Waals surface area contributed by atoms with Crippen molar-refractivity contribution in [1.82, 2.24) is 30.0 Å². The van der Waals surface area contributed by atoms with E-state index in [0.29, 0.717) is 11.5 Å². The highest BCUT2D eigenvalue weighted by atomic mass is 16.1. The standard InChI is InChI=1S/C23H29N7O/c1-16(2)26-23-24-14-18(15-25-23)22(31)27-19-9-11-21-29-28-20(30(21)13-12-19)10-8-17-6-4-3-5-7-17/h3-7,14-16,19H,8-13H2,1-2H3,(H,27,31)(H,24,25,26). The third kappa shape index (κ3) is 5.45. The van der Waals surface area contributed by atoms with Crippen LogP contribution < -0.4 is 10.6 Å². The highest BCUT2D eigenvalue weighted by Crippen LogP contribution is 2.17. The van der Waals surface area contributed by atoms with Crippen LogP contribution in [-0.4, -0.2) is 42.7 Å². The van der Waals surface area contributed by atoms with Gasteiger partial charge in [-0.1, -0.05) is 30.3 Å². The van der Waals surface area contributed by atoms with Gasteiger partial charge in [0.1, 0.15) is 11.6 Å². The predicted molar refractivity (Wildman–Crippen MR) is 119 cm³/mol. The zero-order valence-corrected chi connectivity index (χ0v) is 18.1. The summed E-state index contributed by atoms with van der Waals surface area (Å²) in [5.74, 6) is 2.42. The van der Waals surface area contributed by atoms with Crippen LogP contribution in [0.5, 0.6) is 0 Å². The molecule has 1 atom stereocenters. The largest absolute Gasteiger partial charge is 0.352 e. The molecule has 1 amide bonds. The van der Waals surface area contributed by atoms with Gasteiger partial charge in [-0.25, -0.2) is 9.97 Å². The number of anilines is 1. The Kier molecular flexibility index (Phi) is 6.54. The maximum absolute atomic E-state index is 12.6. The molecule has 8 nitrogen and oxygen atoms in total. The average molecular weight is 420 g/mol. The quantitative estimate of drug-likeness (QED) is 0.611. The summed E-state index contributed by atoms with van der Waals surface area (Å²) < 4.78 is 2.23. The van der Waals surface area contributed by atoms with E-state index in [0.717, 1.165) is 50.3 Å². The van der Waals surface area contributed by atoms with Crippen LogP contribution in [0.25, 0.3) is 0 Å². The SMILES string of the molecule is CC(C)Nc1ncc(C(=O)NC2CCc3nnc(CCc4ccccc4)n3CC2)cn1. The predicted octanol–water partition coefficient (Wildman–Crippen LogP) is 2.81. The molecular formula is C23H29N7O. The van der Waals surface area contributed by atoms with Crippen molar-refractivity contribution in [3.63, 3.8) is 0 Å². The monoisotopic (exact) mass is 419 g/mol. The first-order valence-electron chi connectivity index (χ1n) is 10.9. The molecule has 0 spiro atoms. The number of hydrogen-bond acceptors (Lipinski definition) is 6. The van der Waals surface area contributed by atoms with E-state index in [1.807, 2.05) is 19.9 Å². The van der Waals surface area contributed by atoms with Gasteiger partial charge in [-0.05, 0) is 38.7 Å². The highest BCUT2D eigenvalue weighted by Gasteiger charge is 2.22. The molecule has 0 fully saturated rings. The molecule has 1 unspecified atom stereocenters. The van der Waals surface area contributed by atoms with Crippen molar-refractivity contribution in [2.24, 2.45) is 0 Å². The number of nitrogens with zero attached hydrogens (tertiary/aromatic N) is 5. The lowest BCUT2D eigenvalue weighted by Gasteiger charge is -2.16. The molecule has 4 rings (SSSR count). The summed E-state index contributed by atoms with van der Waals surface area (Å²) in [6, 6.07) is 10.8. The molecule has 2 aromatic heterocycles. The van der Waals surface area contributed by atoms with Crippen LogP contribution in [0.3, 0.4) is 0 Å². The van der Waals surface area contributed by atoms with E-state index in [1.165, 1.54) is 5.56 Å². The second-order valence-electron chi connectivity index (χ2n) is 8.26. The molecule has 31 heavy (non-hydrogen) atoms. The number of benzene rings is 1. The molecule has 0 radical (unpaired) electrons. The fraction of sp³-hybridized carbons (Fsp3) is 0.435. The Labute approximate surface area is 182 Å². The Balaban J connectivity index is 1.33. The lowest BCUT2D eigenvalue weighted by Crippen LogP contribution is -2.35. The molecule has 162 valence electrons. The van der Waals surface area contributed by atoms with Crippen molar-refractivity contribution >= 4 is 11.9 Å². The summed E-state index contributed by atoms with van der Waals surface area (Å²) in [5, 5.41) is 15.1. The molecule has 1 aromatic carbocycles. The molecule has 1 aliphatic heterocycles. The van der Waals surface area contributed by atoms with E-state index in [9.17, 15) is 4.79 Å². The van der Waals surface area contributed by atoms with Gasteiger partial charge in [0.15, 0.2) is 0 Å². The number of nitrogens with one attached hydrogen (secondary N) is 2. The van der Waals surface area contributed by atoms with Gasteiger partial charge in [0.05, 0.1) is 5.56 Å². The number of fused-ring (bicyclic) bond motifs is 1. The van der Waals surface area contributed by atoms with Crippen molar-refractivity contribution in [2.75, 3.05) is 5.32 Å². The molecule has 0 saturated heterocycles. The number of aryl methyl sites for hydroxylation is 3. The first-order valence-corrected chi connectivity index (χ1v) is 10.9. The normalized spacial score (nSPS) is 15.9. The van der Waals surface area contributed by atoms with Crippen molar-refractivity contribution in [3.8, 4) is 0 Å². The molecule has 0 aliphatic carbocycles. The Hall–Kier alpha value is -3.29. The lowest BCUT2D eigenvalue weighted by molar-refractivity contribution is 0.0932. The van der Waals surface area contributed by atoms with Gasteiger partial charge < -0.3 is 15.2 Å². The maximum atomic E-state index is 12.6. The van der Waals surface area contributed by atoms with Gasteiger partial charge in [0, 0.05) is 43.9 Å². The minimum Gasteiger partial charge on any atom is -0.352 e. The zero-order chi connectivity index (χ0) is 21.6. The summed E-state index contributed by atoms with van der Waals surface area (Å²) in [6.45, 7) is 4.85. The van der Waals surface area contributed by atoms with Crippen LogP contribution in [0, 0.1) is 0 Å². The van der Waals surface area contributed by atoms with E-state index >= 15 is 0 Å². The zero-order valence-electron chi connectivity index (χ0n) is 18.1. The number of amides is 1. The van der Waals surface area contributed by atoms with Gasteiger partial charge in [-0.15, -0.1) is 10.2 Å². The Morgan fingerprint density at radius 1 is 1.10 bits per heavy atom. The third-order valence-electron chi connectivity index (χ3n) is 5.47. The minimum absolute atomic E-state index is 0.0876. The average Bonchev–Trinajstić information content (AvgIpc) is 3.05. The molecule has 3 heterocycles. The molecular weight excluding hydrogens is 390 g/mol. The summed E-state index contributed by atoms with van der Waals surface area (Å²) >= 11 is 0. The van der Waals surface area contributed by atoms with Crippen LogP contribution in [0.4, 0.5) is 5.95 Å². The fourth-order valence-electron chi connectivity index (χ4n) is 3.82. The van der Waals surface area contributed by atoms with Gasteiger partial charge >= 0.3 is 0 Å². The number of aromatic nitrogens is 5. The summed E-state index contributed by atoms with van der Waals surface area (Å²) in [5.41, 5.74) is 1.77. The van der Waals surface area contributed by atoms with E-state index in [1.54, 1.807) is 12.4 Å². The number of carbonyl (C=O) groups excluding carboxylic acids is 1. The summed E-state index contributed by atoms with van der Waals surface area (Å²) in [7, 11) is 0. The molecule has 0 bridgehead atoms. The van der Waals surface area contributed by atoms with E-state index in [4.69, 9.17) is 0 Å². The van der Waals surface area contributed by atoms with Crippen molar-refractivity contribution in [2.45, 2.75) is 64.6 Å². The fourth-order valence-corrected chi connectivity index (χ4v) is 3.82. The number of hydrogen-bond donors (Lipinski definition) is 2. The molecule has 1 aliphatic rings.